The van der Waals surface area contributed by atoms with Crippen LogP contribution < -0.4 is 11.1 Å². The van der Waals surface area contributed by atoms with Gasteiger partial charge in [0.1, 0.15) is 0 Å². The Morgan fingerprint density at radius 2 is 2.25 bits per heavy atom. The minimum atomic E-state index is -0.0344. The zero-order valence-corrected chi connectivity index (χ0v) is 12.6. The highest BCUT2D eigenvalue weighted by molar-refractivity contribution is 5.94. The molecule has 20 heavy (non-hydrogen) atoms. The second-order valence-electron chi connectivity index (χ2n) is 6.37. The fourth-order valence-corrected chi connectivity index (χ4v) is 2.83. The Labute approximate surface area is 121 Å². The molecule has 0 aromatic heterocycles. The molecule has 0 bridgehead atoms. The molecule has 4 heteroatoms. The van der Waals surface area contributed by atoms with E-state index in [0.717, 1.165) is 31.6 Å². The maximum Gasteiger partial charge on any atom is 0.251 e. The summed E-state index contributed by atoms with van der Waals surface area (Å²) in [6.07, 6.45) is 1.03. The Kier molecular flexibility index (Phi) is 4.45. The summed E-state index contributed by atoms with van der Waals surface area (Å²) in [7, 11) is 1.66. The van der Waals surface area contributed by atoms with Gasteiger partial charge in [0.2, 0.25) is 0 Å². The first-order valence-corrected chi connectivity index (χ1v) is 7.21. The van der Waals surface area contributed by atoms with Crippen LogP contribution in [0.2, 0.25) is 0 Å². The molecule has 1 heterocycles. The fraction of sp³-hybridized carbons (Fsp3) is 0.562. The Balaban J connectivity index is 2.05. The SMILES string of the molecule is CNC(=O)c1cccc(CN2CCC(N)C(C)(C)C2)c1. The van der Waals surface area contributed by atoms with E-state index < -0.39 is 0 Å². The van der Waals surface area contributed by atoms with Crippen molar-refractivity contribution in [3.8, 4) is 0 Å². The molecule has 1 aliphatic rings. The highest BCUT2D eigenvalue weighted by atomic mass is 16.1. The van der Waals surface area contributed by atoms with Gasteiger partial charge >= 0.3 is 0 Å². The minimum absolute atomic E-state index is 0.0344. The van der Waals surface area contributed by atoms with Gasteiger partial charge in [-0.05, 0) is 29.5 Å². The lowest BCUT2D eigenvalue weighted by Crippen LogP contribution is -2.52. The first kappa shape index (κ1) is 15.0. The Hall–Kier alpha value is -1.39. The molecule has 1 aliphatic heterocycles. The van der Waals surface area contributed by atoms with Gasteiger partial charge < -0.3 is 11.1 Å². The monoisotopic (exact) mass is 275 g/mol. The van der Waals surface area contributed by atoms with Gasteiger partial charge in [-0.15, -0.1) is 0 Å². The number of carbonyl (C=O) groups excluding carboxylic acids is 1. The maximum absolute atomic E-state index is 11.7. The summed E-state index contributed by atoms with van der Waals surface area (Å²) in [4.78, 5) is 14.1. The lowest BCUT2D eigenvalue weighted by molar-refractivity contribution is 0.0896. The molecule has 2 rings (SSSR count). The number of amides is 1. The van der Waals surface area contributed by atoms with Gasteiger partial charge in [-0.3, -0.25) is 9.69 Å². The van der Waals surface area contributed by atoms with Crippen LogP contribution in [0.5, 0.6) is 0 Å². The van der Waals surface area contributed by atoms with E-state index >= 15 is 0 Å². The van der Waals surface area contributed by atoms with Gasteiger partial charge in [0.05, 0.1) is 0 Å². The molecule has 1 saturated heterocycles. The van der Waals surface area contributed by atoms with Crippen molar-refractivity contribution in [3.63, 3.8) is 0 Å². The van der Waals surface area contributed by atoms with Crippen LogP contribution in [0, 0.1) is 5.41 Å². The number of nitrogens with zero attached hydrogens (tertiary/aromatic N) is 1. The van der Waals surface area contributed by atoms with Crippen LogP contribution in [0.3, 0.4) is 0 Å². The number of nitrogens with one attached hydrogen (secondary N) is 1. The van der Waals surface area contributed by atoms with Crippen molar-refractivity contribution in [1.82, 2.24) is 10.2 Å². The molecule has 1 atom stereocenters. The molecule has 110 valence electrons. The van der Waals surface area contributed by atoms with E-state index in [2.05, 4.69) is 30.1 Å². The van der Waals surface area contributed by atoms with Crippen molar-refractivity contribution in [3.05, 3.63) is 35.4 Å². The molecule has 1 amide bonds. The van der Waals surface area contributed by atoms with Crippen LogP contribution in [0.15, 0.2) is 24.3 Å². The normalized spacial score (nSPS) is 22.5. The van der Waals surface area contributed by atoms with Crippen LogP contribution in [0.25, 0.3) is 0 Å². The predicted octanol–water partition coefficient (Wildman–Crippen LogP) is 1.61. The van der Waals surface area contributed by atoms with Crippen molar-refractivity contribution < 1.29 is 4.79 Å². The predicted molar refractivity (Wildman–Crippen MR) is 81.5 cm³/mol. The molecule has 0 saturated carbocycles. The first-order valence-electron chi connectivity index (χ1n) is 7.21. The Morgan fingerprint density at radius 1 is 1.50 bits per heavy atom. The average molecular weight is 275 g/mol. The molecule has 0 spiro atoms. The standard InChI is InChI=1S/C16H25N3O/c1-16(2)11-19(8-7-14(16)17)10-12-5-4-6-13(9-12)15(20)18-3/h4-6,9,14H,7-8,10-11,17H2,1-3H3,(H,18,20). The summed E-state index contributed by atoms with van der Waals surface area (Å²) < 4.78 is 0. The van der Waals surface area contributed by atoms with Crippen LogP contribution >= 0.6 is 0 Å². The number of hydrogen-bond acceptors (Lipinski definition) is 3. The minimum Gasteiger partial charge on any atom is -0.355 e. The van der Waals surface area contributed by atoms with Gasteiger partial charge in [-0.1, -0.05) is 26.0 Å². The number of rotatable bonds is 3. The summed E-state index contributed by atoms with van der Waals surface area (Å²) in [6.45, 7) is 7.35. The van der Waals surface area contributed by atoms with E-state index in [-0.39, 0.29) is 17.4 Å². The lowest BCUT2D eigenvalue weighted by Gasteiger charge is -2.42. The Bertz CT molecular complexity index is 484. The second kappa shape index (κ2) is 5.94. The van der Waals surface area contributed by atoms with E-state index in [1.54, 1.807) is 7.05 Å². The topological polar surface area (TPSA) is 58.4 Å². The van der Waals surface area contributed by atoms with Crippen LogP contribution in [0.1, 0.15) is 36.2 Å². The number of carbonyl (C=O) groups is 1. The summed E-state index contributed by atoms with van der Waals surface area (Å²) in [5, 5.41) is 2.66. The number of piperidine rings is 1. The van der Waals surface area contributed by atoms with E-state index in [1.165, 1.54) is 5.56 Å². The Morgan fingerprint density at radius 3 is 2.90 bits per heavy atom. The zero-order chi connectivity index (χ0) is 14.8. The molecular weight excluding hydrogens is 250 g/mol. The summed E-state index contributed by atoms with van der Waals surface area (Å²) in [6, 6.07) is 8.11. The van der Waals surface area contributed by atoms with E-state index in [9.17, 15) is 4.79 Å². The van der Waals surface area contributed by atoms with E-state index in [0.29, 0.717) is 0 Å². The maximum atomic E-state index is 11.7. The molecule has 3 N–H and O–H groups in total. The van der Waals surface area contributed by atoms with Crippen molar-refractivity contribution in [2.24, 2.45) is 11.1 Å². The van der Waals surface area contributed by atoms with Gasteiger partial charge in [-0.2, -0.15) is 0 Å². The van der Waals surface area contributed by atoms with Gasteiger partial charge in [0.25, 0.3) is 5.91 Å². The number of hydrogen-bond donors (Lipinski definition) is 2. The smallest absolute Gasteiger partial charge is 0.251 e. The van der Waals surface area contributed by atoms with Crippen molar-refractivity contribution in [1.29, 1.82) is 0 Å². The van der Waals surface area contributed by atoms with E-state index in [4.69, 9.17) is 5.73 Å². The van der Waals surface area contributed by atoms with Crippen molar-refractivity contribution >= 4 is 5.91 Å². The van der Waals surface area contributed by atoms with Gasteiger partial charge in [0, 0.05) is 38.3 Å². The quantitative estimate of drug-likeness (QED) is 0.881. The average Bonchev–Trinajstić information content (AvgIpc) is 2.42. The summed E-state index contributed by atoms with van der Waals surface area (Å²) in [5.41, 5.74) is 8.22. The van der Waals surface area contributed by atoms with Crippen molar-refractivity contribution in [2.45, 2.75) is 32.9 Å². The highest BCUT2D eigenvalue weighted by Gasteiger charge is 2.33. The molecule has 1 aromatic rings. The van der Waals surface area contributed by atoms with Gasteiger partial charge in [0.15, 0.2) is 0 Å². The largest absolute Gasteiger partial charge is 0.355 e. The zero-order valence-electron chi connectivity index (χ0n) is 12.6. The third-order valence-electron chi connectivity index (χ3n) is 4.21. The molecule has 4 nitrogen and oxygen atoms in total. The molecule has 0 radical (unpaired) electrons. The van der Waals surface area contributed by atoms with Crippen LogP contribution in [-0.4, -0.2) is 37.0 Å². The number of nitrogens with two attached hydrogens (primary N) is 1. The lowest BCUT2D eigenvalue weighted by atomic mass is 9.79. The van der Waals surface area contributed by atoms with Gasteiger partial charge in [-0.25, -0.2) is 0 Å². The number of likely N-dealkylation sites (tertiary alicyclic amines) is 1. The molecule has 1 fully saturated rings. The summed E-state index contributed by atoms with van der Waals surface area (Å²) in [5.74, 6) is -0.0344. The third-order valence-corrected chi connectivity index (χ3v) is 4.21. The molecule has 1 unspecified atom stereocenters. The highest BCUT2D eigenvalue weighted by Crippen LogP contribution is 2.28. The second-order valence-corrected chi connectivity index (χ2v) is 6.37. The molecule has 1 aromatic carbocycles. The third kappa shape index (κ3) is 3.38. The van der Waals surface area contributed by atoms with E-state index in [1.807, 2.05) is 18.2 Å². The summed E-state index contributed by atoms with van der Waals surface area (Å²) >= 11 is 0. The first-order chi connectivity index (χ1) is 9.42. The molecular formula is C16H25N3O. The van der Waals surface area contributed by atoms with Crippen LogP contribution in [0.4, 0.5) is 0 Å². The number of benzene rings is 1. The van der Waals surface area contributed by atoms with Crippen molar-refractivity contribution in [2.75, 3.05) is 20.1 Å². The van der Waals surface area contributed by atoms with Crippen LogP contribution in [-0.2, 0) is 6.54 Å². The fourth-order valence-electron chi connectivity index (χ4n) is 2.83. The molecule has 0 aliphatic carbocycles.